The molecule has 1 heterocycles. The molecule has 0 aromatic heterocycles. The number of anilines is 1. The number of hydrogen-bond acceptors (Lipinski definition) is 4. The lowest BCUT2D eigenvalue weighted by Crippen LogP contribution is -2.37. The van der Waals surface area contributed by atoms with Gasteiger partial charge in [-0.2, -0.15) is 0 Å². The van der Waals surface area contributed by atoms with Crippen molar-refractivity contribution in [2.75, 3.05) is 36.0 Å². The summed E-state index contributed by atoms with van der Waals surface area (Å²) in [5.74, 6) is -0.142. The topological polar surface area (TPSA) is 69.6 Å². The van der Waals surface area contributed by atoms with Crippen molar-refractivity contribution >= 4 is 29.3 Å². The fourth-order valence-corrected chi connectivity index (χ4v) is 2.79. The number of hydrogen-bond donors (Lipinski definition) is 2. The molecule has 0 fully saturated rings. The van der Waals surface area contributed by atoms with Crippen molar-refractivity contribution < 1.29 is 14.7 Å². The van der Waals surface area contributed by atoms with Crippen LogP contribution in [0.2, 0.25) is 0 Å². The van der Waals surface area contributed by atoms with E-state index >= 15 is 0 Å². The Kier molecular flexibility index (Phi) is 5.29. The van der Waals surface area contributed by atoms with Crippen molar-refractivity contribution in [1.29, 1.82) is 0 Å². The van der Waals surface area contributed by atoms with E-state index in [1.807, 2.05) is 18.2 Å². The highest BCUT2D eigenvalue weighted by molar-refractivity contribution is 7.99. The molecule has 1 aliphatic rings. The molecule has 5 nitrogen and oxygen atoms in total. The predicted octanol–water partition coefficient (Wildman–Crippen LogP) is 0.983. The minimum absolute atomic E-state index is 0.0161. The highest BCUT2D eigenvalue weighted by Crippen LogP contribution is 2.26. The van der Waals surface area contributed by atoms with E-state index < -0.39 is 5.97 Å². The Bertz CT molecular complexity index is 493. The Hall–Kier alpha value is -1.69. The summed E-state index contributed by atoms with van der Waals surface area (Å²) in [6.07, 6.45) is 0.984. The van der Waals surface area contributed by atoms with Gasteiger partial charge in [0.1, 0.15) is 0 Å². The van der Waals surface area contributed by atoms with Gasteiger partial charge < -0.3 is 15.3 Å². The summed E-state index contributed by atoms with van der Waals surface area (Å²) in [7, 11) is 0. The van der Waals surface area contributed by atoms with Crippen LogP contribution in [0.15, 0.2) is 24.3 Å². The van der Waals surface area contributed by atoms with Crippen LogP contribution in [-0.2, 0) is 16.0 Å². The van der Waals surface area contributed by atoms with Crippen LogP contribution in [0.1, 0.15) is 5.56 Å². The number of thioether (sulfide) groups is 1. The molecule has 0 atom stereocenters. The number of carbonyl (C=O) groups excluding carboxylic acids is 1. The first-order valence-electron chi connectivity index (χ1n) is 6.56. The van der Waals surface area contributed by atoms with Crippen molar-refractivity contribution in [1.82, 2.24) is 5.32 Å². The van der Waals surface area contributed by atoms with Crippen LogP contribution in [0.4, 0.5) is 5.69 Å². The van der Waals surface area contributed by atoms with Crippen molar-refractivity contribution in [3.05, 3.63) is 29.8 Å². The molecule has 2 rings (SSSR count). The molecule has 6 heteroatoms. The maximum atomic E-state index is 11.8. The van der Waals surface area contributed by atoms with Crippen molar-refractivity contribution in [2.24, 2.45) is 0 Å². The second-order valence-corrected chi connectivity index (χ2v) is 5.70. The molecule has 1 amide bonds. The molecule has 0 saturated carbocycles. The lowest BCUT2D eigenvalue weighted by Gasteiger charge is -2.18. The van der Waals surface area contributed by atoms with Crippen LogP contribution in [-0.4, -0.2) is 48.1 Å². The first-order chi connectivity index (χ1) is 9.66. The van der Waals surface area contributed by atoms with Crippen LogP contribution in [0.25, 0.3) is 0 Å². The molecule has 1 aromatic carbocycles. The number of aliphatic carboxylic acids is 1. The van der Waals surface area contributed by atoms with Gasteiger partial charge in [0.15, 0.2) is 0 Å². The summed E-state index contributed by atoms with van der Waals surface area (Å²) in [5, 5.41) is 11.3. The second kappa shape index (κ2) is 7.19. The molecule has 0 bridgehead atoms. The van der Waals surface area contributed by atoms with Crippen LogP contribution in [0.5, 0.6) is 0 Å². The number of carbonyl (C=O) groups is 2. The number of amides is 1. The largest absolute Gasteiger partial charge is 0.481 e. The van der Waals surface area contributed by atoms with E-state index in [2.05, 4.69) is 16.3 Å². The zero-order valence-corrected chi connectivity index (χ0v) is 12.0. The number of rotatable bonds is 7. The summed E-state index contributed by atoms with van der Waals surface area (Å²) in [6.45, 7) is 1.74. The van der Waals surface area contributed by atoms with E-state index in [-0.39, 0.29) is 11.7 Å². The number of carboxylic acid groups (broad SMARTS) is 1. The van der Waals surface area contributed by atoms with E-state index in [1.54, 1.807) is 0 Å². The van der Waals surface area contributed by atoms with Gasteiger partial charge in [0, 0.05) is 24.5 Å². The zero-order chi connectivity index (χ0) is 14.4. The minimum Gasteiger partial charge on any atom is -0.481 e. The molecule has 0 unspecified atom stereocenters. The lowest BCUT2D eigenvalue weighted by atomic mass is 10.2. The number of fused-ring (bicyclic) bond motifs is 1. The Morgan fingerprint density at radius 3 is 2.95 bits per heavy atom. The Balaban J connectivity index is 1.69. The number of nitrogens with one attached hydrogen (secondary N) is 1. The second-order valence-electron chi connectivity index (χ2n) is 4.60. The third-order valence-electron chi connectivity index (χ3n) is 3.11. The number of para-hydroxylation sites is 1. The molecule has 0 saturated heterocycles. The van der Waals surface area contributed by atoms with Gasteiger partial charge in [-0.15, -0.1) is 11.8 Å². The first kappa shape index (κ1) is 14.7. The van der Waals surface area contributed by atoms with E-state index in [0.717, 1.165) is 18.7 Å². The predicted molar refractivity (Wildman–Crippen MR) is 80.3 cm³/mol. The summed E-state index contributed by atoms with van der Waals surface area (Å²) >= 11 is 1.31. The van der Waals surface area contributed by atoms with Crippen molar-refractivity contribution in [2.45, 2.75) is 6.42 Å². The van der Waals surface area contributed by atoms with E-state index in [9.17, 15) is 9.59 Å². The van der Waals surface area contributed by atoms with Gasteiger partial charge >= 0.3 is 5.97 Å². The molecule has 0 aliphatic carbocycles. The van der Waals surface area contributed by atoms with Gasteiger partial charge in [-0.05, 0) is 18.1 Å². The van der Waals surface area contributed by atoms with Gasteiger partial charge in [0.05, 0.1) is 12.3 Å². The van der Waals surface area contributed by atoms with Crippen LogP contribution in [0, 0.1) is 0 Å². The van der Waals surface area contributed by atoms with E-state index in [4.69, 9.17) is 5.11 Å². The lowest BCUT2D eigenvalue weighted by molar-refractivity contribution is -0.133. The first-order valence-corrected chi connectivity index (χ1v) is 7.71. The summed E-state index contributed by atoms with van der Waals surface area (Å²) in [6, 6.07) is 8.13. The maximum absolute atomic E-state index is 11.8. The van der Waals surface area contributed by atoms with Crippen LogP contribution in [0.3, 0.4) is 0 Å². The number of nitrogens with zero attached hydrogens (tertiary/aromatic N) is 1. The number of benzene rings is 1. The SMILES string of the molecule is O=C(O)CSCCNC(=O)CN1CCc2ccccc21. The fraction of sp³-hybridized carbons (Fsp3) is 0.429. The normalized spacial score (nSPS) is 13.1. The third kappa shape index (κ3) is 4.16. The standard InChI is InChI=1S/C14H18N2O3S/c17-13(15-6-8-20-10-14(18)19)9-16-7-5-11-3-1-2-4-12(11)16/h1-4H,5-10H2,(H,15,17)(H,18,19). The van der Waals surface area contributed by atoms with E-state index in [1.165, 1.54) is 17.3 Å². The Morgan fingerprint density at radius 2 is 2.15 bits per heavy atom. The van der Waals surface area contributed by atoms with Gasteiger partial charge in [0.25, 0.3) is 0 Å². The number of carboxylic acids is 1. The fourth-order valence-electron chi connectivity index (χ4n) is 2.22. The molecule has 1 aliphatic heterocycles. The molecule has 20 heavy (non-hydrogen) atoms. The quantitative estimate of drug-likeness (QED) is 0.734. The summed E-state index contributed by atoms with van der Waals surface area (Å²) < 4.78 is 0. The van der Waals surface area contributed by atoms with Crippen molar-refractivity contribution in [3.63, 3.8) is 0 Å². The highest BCUT2D eigenvalue weighted by Gasteiger charge is 2.20. The molecular weight excluding hydrogens is 276 g/mol. The van der Waals surface area contributed by atoms with Gasteiger partial charge in [0.2, 0.25) is 5.91 Å². The highest BCUT2D eigenvalue weighted by atomic mass is 32.2. The summed E-state index contributed by atoms with van der Waals surface area (Å²) in [4.78, 5) is 24.2. The van der Waals surface area contributed by atoms with Crippen LogP contribution < -0.4 is 10.2 Å². The van der Waals surface area contributed by atoms with Crippen molar-refractivity contribution in [3.8, 4) is 0 Å². The Labute approximate surface area is 122 Å². The molecule has 0 spiro atoms. The minimum atomic E-state index is -0.824. The van der Waals surface area contributed by atoms with Gasteiger partial charge in [-0.25, -0.2) is 0 Å². The Morgan fingerprint density at radius 1 is 1.35 bits per heavy atom. The smallest absolute Gasteiger partial charge is 0.313 e. The average Bonchev–Trinajstić information content (AvgIpc) is 2.81. The summed E-state index contributed by atoms with van der Waals surface area (Å²) in [5.41, 5.74) is 2.43. The van der Waals surface area contributed by atoms with E-state index in [0.29, 0.717) is 18.8 Å². The van der Waals surface area contributed by atoms with Gasteiger partial charge in [-0.3, -0.25) is 9.59 Å². The molecular formula is C14H18N2O3S. The molecule has 108 valence electrons. The zero-order valence-electron chi connectivity index (χ0n) is 11.2. The monoisotopic (exact) mass is 294 g/mol. The van der Waals surface area contributed by atoms with Crippen LogP contribution >= 0.6 is 11.8 Å². The molecule has 1 aromatic rings. The maximum Gasteiger partial charge on any atom is 0.313 e. The molecule has 0 radical (unpaired) electrons. The molecule has 2 N–H and O–H groups in total. The average molecular weight is 294 g/mol. The van der Waals surface area contributed by atoms with Gasteiger partial charge in [-0.1, -0.05) is 18.2 Å². The third-order valence-corrected chi connectivity index (χ3v) is 4.06.